The first-order chi connectivity index (χ1) is 9.11. The van der Waals surface area contributed by atoms with Crippen molar-refractivity contribution in [2.24, 2.45) is 11.7 Å². The molecule has 0 aromatic heterocycles. The maximum atomic E-state index is 12.5. The van der Waals surface area contributed by atoms with E-state index in [0.29, 0.717) is 19.8 Å². The van der Waals surface area contributed by atoms with Crippen LogP contribution in [0.5, 0.6) is 0 Å². The lowest BCUT2D eigenvalue weighted by Crippen LogP contribution is -2.50. The average Bonchev–Trinajstić information content (AvgIpc) is 2.46. The molecule has 112 valence electrons. The molecule has 4 nitrogen and oxygen atoms in total. The van der Waals surface area contributed by atoms with Gasteiger partial charge in [-0.3, -0.25) is 4.79 Å². The van der Waals surface area contributed by atoms with Crippen molar-refractivity contribution < 1.29 is 9.53 Å². The zero-order valence-electron chi connectivity index (χ0n) is 12.0. The number of morpholine rings is 1. The second-order valence-electron chi connectivity index (χ2n) is 5.18. The Morgan fingerprint density at radius 3 is 2.65 bits per heavy atom. The predicted molar refractivity (Wildman–Crippen MR) is 81.8 cm³/mol. The van der Waals surface area contributed by atoms with Crippen molar-refractivity contribution in [1.82, 2.24) is 4.90 Å². The molecule has 1 aromatic carbocycles. The number of carbonyl (C=O) groups excluding carboxylic acids is 1. The summed E-state index contributed by atoms with van der Waals surface area (Å²) >= 11 is 0. The number of benzene rings is 1. The first-order valence-electron chi connectivity index (χ1n) is 6.80. The van der Waals surface area contributed by atoms with Crippen LogP contribution in [0.4, 0.5) is 0 Å². The van der Waals surface area contributed by atoms with Crippen molar-refractivity contribution >= 4 is 18.3 Å². The van der Waals surface area contributed by atoms with Gasteiger partial charge in [-0.1, -0.05) is 37.3 Å². The molecule has 20 heavy (non-hydrogen) atoms. The highest BCUT2D eigenvalue weighted by Crippen LogP contribution is 2.22. The van der Waals surface area contributed by atoms with Gasteiger partial charge in [0.25, 0.3) is 0 Å². The van der Waals surface area contributed by atoms with Crippen LogP contribution in [0.15, 0.2) is 30.3 Å². The van der Waals surface area contributed by atoms with Crippen LogP contribution >= 0.6 is 12.4 Å². The Balaban J connectivity index is 0.00000200. The fourth-order valence-corrected chi connectivity index (χ4v) is 2.43. The lowest BCUT2D eigenvalue weighted by Gasteiger charge is -2.36. The largest absolute Gasteiger partial charge is 0.377 e. The van der Waals surface area contributed by atoms with Crippen LogP contribution in [-0.4, -0.2) is 36.6 Å². The Kier molecular flexibility index (Phi) is 6.46. The van der Waals surface area contributed by atoms with E-state index in [1.165, 1.54) is 0 Å². The normalized spacial score (nSPS) is 21.8. The van der Waals surface area contributed by atoms with E-state index in [0.717, 1.165) is 5.56 Å². The molecule has 0 spiro atoms. The van der Waals surface area contributed by atoms with E-state index in [1.54, 1.807) is 0 Å². The van der Waals surface area contributed by atoms with Crippen LogP contribution < -0.4 is 5.73 Å². The summed E-state index contributed by atoms with van der Waals surface area (Å²) in [6, 6.07) is 9.66. The molecule has 1 heterocycles. The summed E-state index contributed by atoms with van der Waals surface area (Å²) in [7, 11) is 0. The molecule has 0 saturated carbocycles. The zero-order chi connectivity index (χ0) is 13.8. The fourth-order valence-electron chi connectivity index (χ4n) is 2.43. The molecule has 3 unspecified atom stereocenters. The number of halogens is 1. The quantitative estimate of drug-likeness (QED) is 0.928. The maximum Gasteiger partial charge on any atom is 0.227 e. The number of rotatable bonds is 3. The van der Waals surface area contributed by atoms with E-state index in [9.17, 15) is 4.79 Å². The third-order valence-corrected chi connectivity index (χ3v) is 3.76. The second kappa shape index (κ2) is 7.62. The summed E-state index contributed by atoms with van der Waals surface area (Å²) in [5.74, 6) is -0.102. The van der Waals surface area contributed by atoms with E-state index < -0.39 is 0 Å². The number of amides is 1. The topological polar surface area (TPSA) is 55.6 Å². The Hall–Kier alpha value is -1.10. The average molecular weight is 299 g/mol. The summed E-state index contributed by atoms with van der Waals surface area (Å²) in [6.07, 6.45) is 0. The number of hydrogen-bond donors (Lipinski definition) is 1. The minimum Gasteiger partial charge on any atom is -0.377 e. The minimum absolute atomic E-state index is 0. The van der Waals surface area contributed by atoms with Gasteiger partial charge in [0.05, 0.1) is 25.2 Å². The molecule has 0 bridgehead atoms. The summed E-state index contributed by atoms with van der Waals surface area (Å²) in [4.78, 5) is 14.4. The summed E-state index contributed by atoms with van der Waals surface area (Å²) in [5, 5.41) is 0. The monoisotopic (exact) mass is 298 g/mol. The molecular weight excluding hydrogens is 276 g/mol. The number of nitrogens with zero attached hydrogens (tertiary/aromatic N) is 1. The van der Waals surface area contributed by atoms with Gasteiger partial charge in [-0.25, -0.2) is 0 Å². The van der Waals surface area contributed by atoms with Crippen molar-refractivity contribution in [3.05, 3.63) is 35.9 Å². The Morgan fingerprint density at radius 2 is 2.05 bits per heavy atom. The van der Waals surface area contributed by atoms with Gasteiger partial charge in [-0.2, -0.15) is 0 Å². The predicted octanol–water partition coefficient (Wildman–Crippen LogP) is 1.99. The first-order valence-corrected chi connectivity index (χ1v) is 6.80. The molecule has 2 rings (SSSR count). The molecule has 1 amide bonds. The highest BCUT2D eigenvalue weighted by Gasteiger charge is 2.30. The van der Waals surface area contributed by atoms with Crippen molar-refractivity contribution in [1.29, 1.82) is 0 Å². The number of carbonyl (C=O) groups is 1. The lowest BCUT2D eigenvalue weighted by molar-refractivity contribution is -0.143. The fraction of sp³-hybridized carbons (Fsp3) is 0.533. The zero-order valence-corrected chi connectivity index (χ0v) is 12.8. The van der Waals surface area contributed by atoms with Crippen LogP contribution in [0, 0.1) is 5.92 Å². The summed E-state index contributed by atoms with van der Waals surface area (Å²) in [5.41, 5.74) is 7.22. The van der Waals surface area contributed by atoms with Crippen molar-refractivity contribution in [2.75, 3.05) is 19.8 Å². The molecule has 1 aliphatic rings. The molecule has 2 N–H and O–H groups in total. The molecule has 5 heteroatoms. The van der Waals surface area contributed by atoms with Gasteiger partial charge < -0.3 is 15.4 Å². The van der Waals surface area contributed by atoms with Crippen molar-refractivity contribution in [3.8, 4) is 0 Å². The number of ether oxygens (including phenoxy) is 1. The standard InChI is InChI=1S/C15H22N2O2.ClH/c1-11-10-19-9-8-17(11)15(18)12(2)14(16)13-6-4-3-5-7-13;/h3-7,11-12,14H,8-10,16H2,1-2H3;1H. The highest BCUT2D eigenvalue weighted by atomic mass is 35.5. The van der Waals surface area contributed by atoms with E-state index in [1.807, 2.05) is 49.1 Å². The molecule has 1 aliphatic heterocycles. The smallest absolute Gasteiger partial charge is 0.227 e. The van der Waals surface area contributed by atoms with Gasteiger partial charge in [0.15, 0.2) is 0 Å². The molecule has 1 saturated heterocycles. The molecule has 0 aliphatic carbocycles. The van der Waals surface area contributed by atoms with Gasteiger partial charge in [-0.05, 0) is 12.5 Å². The highest BCUT2D eigenvalue weighted by molar-refractivity contribution is 5.85. The number of hydrogen-bond acceptors (Lipinski definition) is 3. The lowest BCUT2D eigenvalue weighted by atomic mass is 9.93. The van der Waals surface area contributed by atoms with E-state index in [2.05, 4.69) is 0 Å². The van der Waals surface area contributed by atoms with E-state index in [-0.39, 0.29) is 36.3 Å². The number of nitrogens with two attached hydrogens (primary N) is 1. The van der Waals surface area contributed by atoms with Crippen LogP contribution in [0.1, 0.15) is 25.5 Å². The molecule has 1 fully saturated rings. The minimum atomic E-state index is -0.260. The second-order valence-corrected chi connectivity index (χ2v) is 5.18. The van der Waals surface area contributed by atoms with E-state index in [4.69, 9.17) is 10.5 Å². The molecule has 0 radical (unpaired) electrons. The van der Waals surface area contributed by atoms with Crippen molar-refractivity contribution in [3.63, 3.8) is 0 Å². The van der Waals surface area contributed by atoms with Gasteiger partial charge in [0.2, 0.25) is 5.91 Å². The maximum absolute atomic E-state index is 12.5. The van der Waals surface area contributed by atoms with Crippen LogP contribution in [-0.2, 0) is 9.53 Å². The van der Waals surface area contributed by atoms with Crippen molar-refractivity contribution in [2.45, 2.75) is 25.9 Å². The SMILES string of the molecule is CC(C(=O)N1CCOCC1C)C(N)c1ccccc1.Cl. The Bertz CT molecular complexity index is 427. The summed E-state index contributed by atoms with van der Waals surface area (Å²) < 4.78 is 5.36. The third kappa shape index (κ3) is 3.72. The third-order valence-electron chi connectivity index (χ3n) is 3.76. The van der Waals surface area contributed by atoms with Gasteiger partial charge >= 0.3 is 0 Å². The van der Waals surface area contributed by atoms with Crippen LogP contribution in [0.2, 0.25) is 0 Å². The summed E-state index contributed by atoms with van der Waals surface area (Å²) in [6.45, 7) is 5.80. The van der Waals surface area contributed by atoms with Gasteiger partial charge in [0.1, 0.15) is 0 Å². The van der Waals surface area contributed by atoms with Crippen LogP contribution in [0.3, 0.4) is 0 Å². The first kappa shape index (κ1) is 17.0. The molecule has 1 aromatic rings. The van der Waals surface area contributed by atoms with Gasteiger partial charge in [0, 0.05) is 12.6 Å². The Labute approximate surface area is 126 Å². The van der Waals surface area contributed by atoms with Crippen LogP contribution in [0.25, 0.3) is 0 Å². The van der Waals surface area contributed by atoms with E-state index >= 15 is 0 Å². The Morgan fingerprint density at radius 1 is 1.40 bits per heavy atom. The van der Waals surface area contributed by atoms with Gasteiger partial charge in [-0.15, -0.1) is 12.4 Å². The molecular formula is C15H23ClN2O2. The molecule has 3 atom stereocenters.